The summed E-state index contributed by atoms with van der Waals surface area (Å²) in [5, 5.41) is 9.66. The lowest BCUT2D eigenvalue weighted by atomic mass is 10.1. The normalized spacial score (nSPS) is 10.1. The first-order valence-corrected chi connectivity index (χ1v) is 6.92. The third kappa shape index (κ3) is 22.4. The Morgan fingerprint density at radius 3 is 2.11 bits per heavy atom. The molecule has 0 bridgehead atoms. The Morgan fingerprint density at radius 2 is 1.63 bits per heavy atom. The molecule has 0 atom stereocenters. The standard InChI is InChI=1S/C13H27NO2.CH2O2/c1-5-6-7-8-9-10-11-14-12(15)16-13(2,3)4;2-1-3/h5-11H2,1-4H3,(H,14,15);1H,(H,2,3). The van der Waals surface area contributed by atoms with Gasteiger partial charge in [-0.15, -0.1) is 0 Å². The molecule has 0 unspecified atom stereocenters. The number of carbonyl (C=O) groups excluding carboxylic acids is 1. The van der Waals surface area contributed by atoms with Gasteiger partial charge in [-0.3, -0.25) is 4.79 Å². The van der Waals surface area contributed by atoms with E-state index in [1.807, 2.05) is 20.8 Å². The molecule has 0 aliphatic rings. The predicted octanol–water partition coefficient (Wildman–Crippen LogP) is 3.57. The molecular formula is C14H29NO4. The van der Waals surface area contributed by atoms with Crippen molar-refractivity contribution in [3.8, 4) is 0 Å². The van der Waals surface area contributed by atoms with Crippen LogP contribution >= 0.6 is 0 Å². The van der Waals surface area contributed by atoms with Gasteiger partial charge in [0.05, 0.1) is 0 Å². The highest BCUT2D eigenvalue weighted by Crippen LogP contribution is 2.07. The number of rotatable bonds is 7. The lowest BCUT2D eigenvalue weighted by molar-refractivity contribution is -0.122. The molecule has 0 aromatic carbocycles. The first-order valence-electron chi connectivity index (χ1n) is 6.92. The van der Waals surface area contributed by atoms with Crippen molar-refractivity contribution >= 4 is 12.6 Å². The highest BCUT2D eigenvalue weighted by atomic mass is 16.6. The molecule has 2 N–H and O–H groups in total. The predicted molar refractivity (Wildman–Crippen MR) is 76.3 cm³/mol. The smallest absolute Gasteiger partial charge is 0.407 e. The van der Waals surface area contributed by atoms with Crippen molar-refractivity contribution in [2.75, 3.05) is 6.54 Å². The summed E-state index contributed by atoms with van der Waals surface area (Å²) < 4.78 is 5.13. The largest absolute Gasteiger partial charge is 0.483 e. The Morgan fingerprint density at radius 1 is 1.16 bits per heavy atom. The lowest BCUT2D eigenvalue weighted by Crippen LogP contribution is -2.32. The summed E-state index contributed by atoms with van der Waals surface area (Å²) in [5.74, 6) is 0. The maximum Gasteiger partial charge on any atom is 0.407 e. The highest BCUT2D eigenvalue weighted by molar-refractivity contribution is 5.67. The third-order valence-electron chi connectivity index (χ3n) is 2.20. The average Bonchev–Trinajstić information content (AvgIpc) is 2.26. The van der Waals surface area contributed by atoms with E-state index >= 15 is 0 Å². The molecule has 0 radical (unpaired) electrons. The number of alkyl carbamates (subject to hydrolysis) is 1. The number of nitrogens with one attached hydrogen (secondary N) is 1. The molecule has 0 aromatic heterocycles. The molecule has 0 spiro atoms. The molecule has 114 valence electrons. The number of hydrogen-bond acceptors (Lipinski definition) is 3. The van der Waals surface area contributed by atoms with E-state index in [1.165, 1.54) is 32.1 Å². The van der Waals surface area contributed by atoms with Crippen LogP contribution in [0.1, 0.15) is 66.2 Å². The fraction of sp³-hybridized carbons (Fsp3) is 0.857. The van der Waals surface area contributed by atoms with E-state index in [-0.39, 0.29) is 12.6 Å². The average molecular weight is 275 g/mol. The van der Waals surface area contributed by atoms with Crippen LogP contribution in [0.3, 0.4) is 0 Å². The van der Waals surface area contributed by atoms with Gasteiger partial charge in [0.1, 0.15) is 5.60 Å². The van der Waals surface area contributed by atoms with Gasteiger partial charge < -0.3 is 15.2 Å². The van der Waals surface area contributed by atoms with Gasteiger partial charge in [0.15, 0.2) is 0 Å². The molecule has 5 heteroatoms. The second-order valence-electron chi connectivity index (χ2n) is 5.30. The molecule has 0 heterocycles. The van der Waals surface area contributed by atoms with E-state index in [4.69, 9.17) is 14.6 Å². The molecule has 0 aliphatic carbocycles. The maximum atomic E-state index is 11.3. The van der Waals surface area contributed by atoms with E-state index in [1.54, 1.807) is 0 Å². The van der Waals surface area contributed by atoms with Gasteiger partial charge in [0.2, 0.25) is 0 Å². The molecular weight excluding hydrogens is 246 g/mol. The van der Waals surface area contributed by atoms with E-state index in [0.29, 0.717) is 0 Å². The van der Waals surface area contributed by atoms with Crippen molar-refractivity contribution in [1.29, 1.82) is 0 Å². The lowest BCUT2D eigenvalue weighted by Gasteiger charge is -2.19. The minimum atomic E-state index is -0.398. The van der Waals surface area contributed by atoms with Crippen molar-refractivity contribution in [1.82, 2.24) is 5.32 Å². The molecule has 0 rings (SSSR count). The minimum absolute atomic E-state index is 0.250. The summed E-state index contributed by atoms with van der Waals surface area (Å²) >= 11 is 0. The van der Waals surface area contributed by atoms with Crippen LogP contribution in [0.4, 0.5) is 4.79 Å². The van der Waals surface area contributed by atoms with Gasteiger partial charge in [-0.2, -0.15) is 0 Å². The summed E-state index contributed by atoms with van der Waals surface area (Å²) in [5.41, 5.74) is -0.398. The van der Waals surface area contributed by atoms with Crippen LogP contribution in [0.25, 0.3) is 0 Å². The second kappa shape index (κ2) is 13.2. The van der Waals surface area contributed by atoms with Crippen LogP contribution in [0.15, 0.2) is 0 Å². The number of ether oxygens (including phenoxy) is 1. The molecule has 0 aliphatic heterocycles. The zero-order valence-electron chi connectivity index (χ0n) is 12.7. The van der Waals surface area contributed by atoms with Crippen LogP contribution in [-0.4, -0.2) is 29.8 Å². The van der Waals surface area contributed by atoms with Crippen molar-refractivity contribution in [3.63, 3.8) is 0 Å². The monoisotopic (exact) mass is 275 g/mol. The molecule has 0 saturated carbocycles. The zero-order valence-corrected chi connectivity index (χ0v) is 12.7. The van der Waals surface area contributed by atoms with Gasteiger partial charge in [-0.05, 0) is 27.2 Å². The Balaban J connectivity index is 0. The summed E-state index contributed by atoms with van der Waals surface area (Å²) in [6.07, 6.45) is 7.10. The van der Waals surface area contributed by atoms with Crippen LogP contribution in [-0.2, 0) is 9.53 Å². The fourth-order valence-corrected chi connectivity index (χ4v) is 1.41. The zero-order chi connectivity index (χ0) is 15.1. The molecule has 1 amide bonds. The Hall–Kier alpha value is -1.26. The summed E-state index contributed by atoms with van der Waals surface area (Å²) in [6, 6.07) is 0. The first-order chi connectivity index (χ1) is 8.87. The van der Waals surface area contributed by atoms with Crippen molar-refractivity contribution in [2.45, 2.75) is 71.8 Å². The van der Waals surface area contributed by atoms with Gasteiger partial charge in [-0.1, -0.05) is 39.0 Å². The molecule has 0 saturated heterocycles. The first kappa shape index (κ1) is 20.1. The van der Waals surface area contributed by atoms with Gasteiger partial charge in [0.25, 0.3) is 6.47 Å². The topological polar surface area (TPSA) is 75.6 Å². The third-order valence-corrected chi connectivity index (χ3v) is 2.20. The molecule has 5 nitrogen and oxygen atoms in total. The number of carbonyl (C=O) groups is 2. The Labute approximate surface area is 116 Å². The summed E-state index contributed by atoms with van der Waals surface area (Å²) in [4.78, 5) is 19.6. The second-order valence-corrected chi connectivity index (χ2v) is 5.30. The van der Waals surface area contributed by atoms with Crippen molar-refractivity contribution < 1.29 is 19.4 Å². The molecule has 0 fully saturated rings. The van der Waals surface area contributed by atoms with E-state index < -0.39 is 5.60 Å². The Bertz CT molecular complexity index is 224. The molecule has 19 heavy (non-hydrogen) atoms. The number of carboxylic acid groups (broad SMARTS) is 1. The van der Waals surface area contributed by atoms with Crippen LogP contribution < -0.4 is 5.32 Å². The minimum Gasteiger partial charge on any atom is -0.483 e. The van der Waals surface area contributed by atoms with Gasteiger partial charge in [0, 0.05) is 6.54 Å². The van der Waals surface area contributed by atoms with E-state index in [0.717, 1.165) is 13.0 Å². The number of amides is 1. The van der Waals surface area contributed by atoms with Gasteiger partial charge >= 0.3 is 6.09 Å². The van der Waals surface area contributed by atoms with E-state index in [2.05, 4.69) is 12.2 Å². The maximum absolute atomic E-state index is 11.3. The number of unbranched alkanes of at least 4 members (excludes halogenated alkanes) is 5. The van der Waals surface area contributed by atoms with E-state index in [9.17, 15) is 4.79 Å². The van der Waals surface area contributed by atoms with Gasteiger partial charge in [-0.25, -0.2) is 4.79 Å². The SMILES string of the molecule is CCCCCCCCNC(=O)OC(C)(C)C.O=CO. The number of hydrogen-bond donors (Lipinski definition) is 2. The van der Waals surface area contributed by atoms with Crippen LogP contribution in [0.5, 0.6) is 0 Å². The highest BCUT2D eigenvalue weighted by Gasteiger charge is 2.15. The van der Waals surface area contributed by atoms with Crippen LogP contribution in [0, 0.1) is 0 Å². The van der Waals surface area contributed by atoms with Crippen molar-refractivity contribution in [3.05, 3.63) is 0 Å². The summed E-state index contributed by atoms with van der Waals surface area (Å²) in [7, 11) is 0. The fourth-order valence-electron chi connectivity index (χ4n) is 1.41. The van der Waals surface area contributed by atoms with Crippen molar-refractivity contribution in [2.24, 2.45) is 0 Å². The quantitative estimate of drug-likeness (QED) is 0.550. The van der Waals surface area contributed by atoms with Crippen LogP contribution in [0.2, 0.25) is 0 Å². The summed E-state index contributed by atoms with van der Waals surface area (Å²) in [6.45, 7) is 8.30. The molecule has 0 aromatic rings. The Kier molecular flexibility index (Phi) is 13.9.